The van der Waals surface area contributed by atoms with Crippen molar-refractivity contribution >= 4 is 17.7 Å². The Balaban J connectivity index is 2.98. The lowest BCUT2D eigenvalue weighted by atomic mass is 10.1. The summed E-state index contributed by atoms with van der Waals surface area (Å²) < 4.78 is 10.5. The molecule has 1 aromatic carbocycles. The first-order valence-corrected chi connectivity index (χ1v) is 6.29. The molecule has 1 aromatic rings. The summed E-state index contributed by atoms with van der Waals surface area (Å²) in [6.07, 6.45) is 2.63. The van der Waals surface area contributed by atoms with Crippen LogP contribution in [-0.4, -0.2) is 35.8 Å². The van der Waals surface area contributed by atoms with Crippen molar-refractivity contribution < 1.29 is 24.3 Å². The van der Waals surface area contributed by atoms with Gasteiger partial charge in [-0.15, -0.1) is 0 Å². The second kappa shape index (κ2) is 8.01. The van der Waals surface area contributed by atoms with E-state index in [2.05, 4.69) is 0 Å². The van der Waals surface area contributed by atoms with Crippen LogP contribution in [0.2, 0.25) is 0 Å². The number of benzene rings is 1. The molecular formula is C14H17NO6. The minimum Gasteiger partial charge on any atom is -0.484 e. The summed E-state index contributed by atoms with van der Waals surface area (Å²) in [6, 6.07) is 4.20. The number of methoxy groups -OCH3 is 1. The summed E-state index contributed by atoms with van der Waals surface area (Å²) in [5.41, 5.74) is 0.351. The third-order valence-electron chi connectivity index (χ3n) is 2.66. The van der Waals surface area contributed by atoms with Crippen molar-refractivity contribution in [1.82, 2.24) is 0 Å². The topological polar surface area (TPSA) is 98.9 Å². The Morgan fingerprint density at radius 1 is 1.52 bits per heavy atom. The van der Waals surface area contributed by atoms with Crippen LogP contribution in [-0.2, 0) is 9.53 Å². The van der Waals surface area contributed by atoms with Crippen LogP contribution in [0.4, 0.5) is 5.69 Å². The molecule has 0 heterocycles. The van der Waals surface area contributed by atoms with E-state index in [1.165, 1.54) is 24.3 Å². The molecule has 0 fully saturated rings. The fourth-order valence-corrected chi connectivity index (χ4v) is 1.61. The average molecular weight is 295 g/mol. The van der Waals surface area contributed by atoms with Crippen molar-refractivity contribution in [3.8, 4) is 5.75 Å². The number of hydrogen-bond donors (Lipinski definition) is 1. The molecule has 0 aliphatic rings. The highest BCUT2D eigenvalue weighted by molar-refractivity contribution is 5.85. The summed E-state index contributed by atoms with van der Waals surface area (Å²) in [7, 11) is 1.56. The maximum Gasteiger partial charge on any atom is 0.328 e. The summed E-state index contributed by atoms with van der Waals surface area (Å²) in [4.78, 5) is 20.9. The molecule has 0 aliphatic carbocycles. The van der Waals surface area contributed by atoms with Crippen molar-refractivity contribution in [2.24, 2.45) is 0 Å². The van der Waals surface area contributed by atoms with Gasteiger partial charge in [0, 0.05) is 32.3 Å². The van der Waals surface area contributed by atoms with Crippen LogP contribution in [0.15, 0.2) is 24.3 Å². The molecule has 1 rings (SSSR count). The van der Waals surface area contributed by atoms with Gasteiger partial charge in [-0.2, -0.15) is 0 Å². The molecule has 0 amide bonds. The summed E-state index contributed by atoms with van der Waals surface area (Å²) >= 11 is 0. The molecule has 114 valence electrons. The molecule has 7 nitrogen and oxygen atoms in total. The maximum absolute atomic E-state index is 11.0. The van der Waals surface area contributed by atoms with Gasteiger partial charge in [-0.1, -0.05) is 0 Å². The first kappa shape index (κ1) is 16.6. The molecule has 21 heavy (non-hydrogen) atoms. The number of carboxylic acids is 1. The second-order valence-corrected chi connectivity index (χ2v) is 4.37. The first-order valence-electron chi connectivity index (χ1n) is 6.29. The Kier molecular flexibility index (Phi) is 6.35. The molecule has 1 unspecified atom stereocenters. The number of rotatable bonds is 8. The van der Waals surface area contributed by atoms with Gasteiger partial charge in [-0.05, 0) is 30.7 Å². The third-order valence-corrected chi connectivity index (χ3v) is 2.66. The highest BCUT2D eigenvalue weighted by Crippen LogP contribution is 2.29. The van der Waals surface area contributed by atoms with Gasteiger partial charge in [0.05, 0.1) is 11.0 Å². The molecule has 0 saturated heterocycles. The van der Waals surface area contributed by atoms with Crippen molar-refractivity contribution in [2.45, 2.75) is 19.4 Å². The predicted molar refractivity (Wildman–Crippen MR) is 76.3 cm³/mol. The fourth-order valence-electron chi connectivity index (χ4n) is 1.61. The van der Waals surface area contributed by atoms with E-state index in [0.717, 1.165) is 6.08 Å². The Hall–Kier alpha value is -2.41. The van der Waals surface area contributed by atoms with Gasteiger partial charge in [0.2, 0.25) is 0 Å². The lowest BCUT2D eigenvalue weighted by Gasteiger charge is -2.14. The zero-order valence-corrected chi connectivity index (χ0v) is 11.8. The van der Waals surface area contributed by atoms with Gasteiger partial charge in [-0.25, -0.2) is 4.79 Å². The van der Waals surface area contributed by atoms with E-state index in [1.807, 2.05) is 0 Å². The lowest BCUT2D eigenvalue weighted by molar-refractivity contribution is -0.386. The highest BCUT2D eigenvalue weighted by atomic mass is 16.6. The van der Waals surface area contributed by atoms with Crippen molar-refractivity contribution in [2.75, 3.05) is 13.7 Å². The SMILES string of the molecule is COCCC(C)Oc1cc(/C=C/C(=O)O)ccc1[N+](=O)[O-]. The summed E-state index contributed by atoms with van der Waals surface area (Å²) in [5, 5.41) is 19.6. The Morgan fingerprint density at radius 2 is 2.24 bits per heavy atom. The van der Waals surface area contributed by atoms with E-state index in [-0.39, 0.29) is 17.5 Å². The monoisotopic (exact) mass is 295 g/mol. The molecule has 0 aliphatic heterocycles. The van der Waals surface area contributed by atoms with Crippen molar-refractivity contribution in [3.05, 3.63) is 40.0 Å². The quantitative estimate of drug-likeness (QED) is 0.449. The van der Waals surface area contributed by atoms with Gasteiger partial charge in [-0.3, -0.25) is 10.1 Å². The van der Waals surface area contributed by atoms with Crippen LogP contribution < -0.4 is 4.74 Å². The molecule has 0 bridgehead atoms. The second-order valence-electron chi connectivity index (χ2n) is 4.37. The van der Waals surface area contributed by atoms with E-state index in [4.69, 9.17) is 14.6 Å². The van der Waals surface area contributed by atoms with Crippen molar-refractivity contribution in [3.63, 3.8) is 0 Å². The molecule has 0 aromatic heterocycles. The number of carboxylic acid groups (broad SMARTS) is 1. The largest absolute Gasteiger partial charge is 0.484 e. The van der Waals surface area contributed by atoms with Gasteiger partial charge in [0.25, 0.3) is 0 Å². The Labute approximate surface area is 121 Å². The van der Waals surface area contributed by atoms with E-state index in [9.17, 15) is 14.9 Å². The van der Waals surface area contributed by atoms with E-state index >= 15 is 0 Å². The smallest absolute Gasteiger partial charge is 0.328 e. The number of carbonyl (C=O) groups is 1. The molecular weight excluding hydrogens is 278 g/mol. The van der Waals surface area contributed by atoms with Crippen LogP contribution in [0.25, 0.3) is 6.08 Å². The number of nitro benzene ring substituents is 1. The predicted octanol–water partition coefficient (Wildman–Crippen LogP) is 2.50. The van der Waals surface area contributed by atoms with E-state index < -0.39 is 10.9 Å². The Bertz CT molecular complexity index is 540. The summed E-state index contributed by atoms with van der Waals surface area (Å²) in [6.45, 7) is 2.26. The minimum atomic E-state index is -1.09. The average Bonchev–Trinajstić information content (AvgIpc) is 2.42. The number of nitrogens with zero attached hydrogens (tertiary/aromatic N) is 1. The Morgan fingerprint density at radius 3 is 2.81 bits per heavy atom. The van der Waals surface area contributed by atoms with Crippen LogP contribution >= 0.6 is 0 Å². The highest BCUT2D eigenvalue weighted by Gasteiger charge is 2.17. The van der Waals surface area contributed by atoms with E-state index in [0.29, 0.717) is 18.6 Å². The first-order chi connectivity index (χ1) is 9.93. The van der Waals surface area contributed by atoms with Crippen LogP contribution in [0.1, 0.15) is 18.9 Å². The van der Waals surface area contributed by atoms with Crippen LogP contribution in [0, 0.1) is 10.1 Å². The number of hydrogen-bond acceptors (Lipinski definition) is 5. The van der Waals surface area contributed by atoms with Crippen molar-refractivity contribution in [1.29, 1.82) is 0 Å². The van der Waals surface area contributed by atoms with Gasteiger partial charge >= 0.3 is 11.7 Å². The maximum atomic E-state index is 11.0. The lowest BCUT2D eigenvalue weighted by Crippen LogP contribution is -2.15. The molecule has 1 atom stereocenters. The molecule has 1 N–H and O–H groups in total. The molecule has 0 radical (unpaired) electrons. The third kappa shape index (κ3) is 5.62. The molecule has 0 saturated carbocycles. The molecule has 0 spiro atoms. The zero-order valence-electron chi connectivity index (χ0n) is 11.8. The number of ether oxygens (including phenoxy) is 2. The normalized spacial score (nSPS) is 12.3. The fraction of sp³-hybridized carbons (Fsp3) is 0.357. The standard InChI is InChI=1S/C14H17NO6/c1-10(7-8-20-2)21-13-9-11(4-6-14(16)17)3-5-12(13)15(18)19/h3-6,9-10H,7-8H2,1-2H3,(H,16,17)/b6-4+. The minimum absolute atomic E-state index is 0.108. The molecule has 7 heteroatoms. The number of nitro groups is 1. The van der Waals surface area contributed by atoms with Gasteiger partial charge in [0.1, 0.15) is 0 Å². The van der Waals surface area contributed by atoms with Crippen LogP contribution in [0.5, 0.6) is 5.75 Å². The number of aliphatic carboxylic acids is 1. The van der Waals surface area contributed by atoms with Gasteiger partial charge < -0.3 is 14.6 Å². The van der Waals surface area contributed by atoms with Crippen LogP contribution in [0.3, 0.4) is 0 Å². The summed E-state index contributed by atoms with van der Waals surface area (Å²) in [5.74, 6) is -0.986. The van der Waals surface area contributed by atoms with Gasteiger partial charge in [0.15, 0.2) is 5.75 Å². The zero-order chi connectivity index (χ0) is 15.8. The van der Waals surface area contributed by atoms with E-state index in [1.54, 1.807) is 14.0 Å².